The second kappa shape index (κ2) is 16.5. The van der Waals surface area contributed by atoms with Crippen LogP contribution in [0.15, 0.2) is 91.3 Å². The number of fused-ring (bicyclic) bond motifs is 1. The van der Waals surface area contributed by atoms with Gasteiger partial charge in [0.05, 0.1) is 42.0 Å². The number of carbonyl (C=O) groups excluding carboxylic acids is 1. The molecule has 1 amide bonds. The molecule has 1 aliphatic heterocycles. The molecule has 12 nitrogen and oxygen atoms in total. The number of halogens is 2. The second-order valence-corrected chi connectivity index (χ2v) is 14.1. The van der Waals surface area contributed by atoms with Gasteiger partial charge in [0.2, 0.25) is 5.95 Å². The lowest BCUT2D eigenvalue weighted by atomic mass is 9.94. The lowest BCUT2D eigenvalue weighted by Gasteiger charge is -2.33. The highest BCUT2D eigenvalue weighted by Gasteiger charge is 2.24. The number of ether oxygens (including phenoxy) is 2. The van der Waals surface area contributed by atoms with Gasteiger partial charge in [-0.05, 0) is 92.8 Å². The predicted octanol–water partition coefficient (Wildman–Crippen LogP) is 7.36. The van der Waals surface area contributed by atoms with Crippen LogP contribution in [0.1, 0.15) is 36.5 Å². The average Bonchev–Trinajstić information content (AvgIpc) is 3.59. The van der Waals surface area contributed by atoms with Crippen molar-refractivity contribution in [2.45, 2.75) is 26.2 Å². The van der Waals surface area contributed by atoms with Crippen molar-refractivity contribution in [3.63, 3.8) is 0 Å². The molecule has 1 aliphatic rings. The minimum atomic E-state index is -2.35. The predicted molar refractivity (Wildman–Crippen MR) is 208 cm³/mol. The van der Waals surface area contributed by atoms with Crippen LogP contribution in [0.5, 0.6) is 11.5 Å². The highest BCUT2D eigenvalue weighted by molar-refractivity contribution is 7.72. The number of para-hydroxylation sites is 1. The molecule has 4 heterocycles. The van der Waals surface area contributed by atoms with Crippen LogP contribution in [-0.2, 0) is 10.7 Å². The van der Waals surface area contributed by atoms with E-state index in [-0.39, 0.29) is 23.7 Å². The van der Waals surface area contributed by atoms with Gasteiger partial charge in [-0.25, -0.2) is 32.2 Å². The van der Waals surface area contributed by atoms with E-state index in [0.29, 0.717) is 58.0 Å². The standard InChI is InChI=1S/C40H39F2N7O5S/c1-3-54-33-13-10-26(23-28(33)39(50)47-37-29(41)7-6-8-30(37)42)36-38(49-19-5-4-9-35(49)46-36)32-14-18-43-40(45-32)44-31-12-11-27(24-34(31)53-2)48-20-15-25(16-21-48)17-22-55(51)52/h4-14,18-19,23-25,55H,3,15-17,20-22H2,1-2H3,(H,47,50)(H,43,44,45). The fourth-order valence-corrected chi connectivity index (χ4v) is 7.37. The first-order valence-electron chi connectivity index (χ1n) is 17.9. The normalized spacial score (nSPS) is 13.3. The zero-order valence-corrected chi connectivity index (χ0v) is 31.1. The van der Waals surface area contributed by atoms with E-state index in [1.165, 1.54) is 6.07 Å². The number of piperidine rings is 1. The van der Waals surface area contributed by atoms with Gasteiger partial charge in [0.1, 0.15) is 45.2 Å². The summed E-state index contributed by atoms with van der Waals surface area (Å²) in [6.45, 7) is 3.68. The Kier molecular flexibility index (Phi) is 11.2. The first kappa shape index (κ1) is 37.2. The molecule has 2 N–H and O–H groups in total. The van der Waals surface area contributed by atoms with Gasteiger partial charge in [0, 0.05) is 48.6 Å². The smallest absolute Gasteiger partial charge is 0.259 e. The summed E-state index contributed by atoms with van der Waals surface area (Å²) >= 11 is 0. The third-order valence-electron chi connectivity index (χ3n) is 9.56. The number of benzene rings is 3. The molecule has 0 atom stereocenters. The maximum Gasteiger partial charge on any atom is 0.259 e. The number of thiol groups is 1. The second-order valence-electron chi connectivity index (χ2n) is 13.0. The Bertz CT molecular complexity index is 2400. The third-order valence-corrected chi connectivity index (χ3v) is 10.2. The number of aromatic nitrogens is 4. The summed E-state index contributed by atoms with van der Waals surface area (Å²) in [4.78, 5) is 30.1. The van der Waals surface area contributed by atoms with Gasteiger partial charge in [-0.1, -0.05) is 12.1 Å². The van der Waals surface area contributed by atoms with Crippen LogP contribution >= 0.6 is 0 Å². The maximum absolute atomic E-state index is 14.5. The largest absolute Gasteiger partial charge is 0.494 e. The number of nitrogens with zero attached hydrogens (tertiary/aromatic N) is 5. The van der Waals surface area contributed by atoms with Gasteiger partial charge < -0.3 is 25.0 Å². The van der Waals surface area contributed by atoms with E-state index in [0.717, 1.165) is 43.8 Å². The van der Waals surface area contributed by atoms with E-state index >= 15 is 0 Å². The Morgan fingerprint density at radius 2 is 1.75 bits per heavy atom. The number of pyridine rings is 1. The Balaban J connectivity index is 1.19. The molecule has 6 aromatic rings. The first-order valence-corrected chi connectivity index (χ1v) is 19.2. The molecule has 0 aliphatic carbocycles. The van der Waals surface area contributed by atoms with E-state index in [2.05, 4.69) is 20.5 Å². The fourth-order valence-electron chi connectivity index (χ4n) is 6.79. The lowest BCUT2D eigenvalue weighted by Crippen LogP contribution is -2.33. The molecule has 0 radical (unpaired) electrons. The molecular formula is C40H39F2N7O5S. The van der Waals surface area contributed by atoms with Gasteiger partial charge in [-0.2, -0.15) is 0 Å². The van der Waals surface area contributed by atoms with Crippen LogP contribution in [0, 0.1) is 17.6 Å². The highest BCUT2D eigenvalue weighted by atomic mass is 32.2. The van der Waals surface area contributed by atoms with Gasteiger partial charge in [0.25, 0.3) is 5.91 Å². The Morgan fingerprint density at radius 3 is 2.49 bits per heavy atom. The van der Waals surface area contributed by atoms with Gasteiger partial charge >= 0.3 is 0 Å². The number of rotatable bonds is 13. The molecule has 3 aromatic heterocycles. The van der Waals surface area contributed by atoms with E-state index < -0.39 is 33.9 Å². The van der Waals surface area contributed by atoms with Crippen molar-refractivity contribution in [3.05, 3.63) is 108 Å². The Morgan fingerprint density at radius 1 is 0.945 bits per heavy atom. The fraction of sp³-hybridized carbons (Fsp3) is 0.250. The van der Waals surface area contributed by atoms with Gasteiger partial charge in [-0.3, -0.25) is 9.20 Å². The van der Waals surface area contributed by atoms with Crippen molar-refractivity contribution in [1.82, 2.24) is 19.4 Å². The van der Waals surface area contributed by atoms with Crippen LogP contribution in [-0.4, -0.2) is 66.2 Å². The summed E-state index contributed by atoms with van der Waals surface area (Å²) in [5.41, 5.74) is 3.96. The average molecular weight is 768 g/mol. The van der Waals surface area contributed by atoms with Gasteiger partial charge in [0.15, 0.2) is 0 Å². The first-order chi connectivity index (χ1) is 26.7. The minimum Gasteiger partial charge on any atom is -0.494 e. The summed E-state index contributed by atoms with van der Waals surface area (Å²) in [7, 11) is -0.751. The van der Waals surface area contributed by atoms with Crippen LogP contribution in [0.4, 0.5) is 31.8 Å². The number of anilines is 4. The van der Waals surface area contributed by atoms with Crippen LogP contribution in [0.3, 0.4) is 0 Å². The Labute approximate surface area is 318 Å². The van der Waals surface area contributed by atoms with Crippen molar-refractivity contribution in [1.29, 1.82) is 0 Å². The van der Waals surface area contributed by atoms with Crippen molar-refractivity contribution in [2.75, 3.05) is 48.1 Å². The van der Waals surface area contributed by atoms with E-state index in [4.69, 9.17) is 19.4 Å². The maximum atomic E-state index is 14.5. The van der Waals surface area contributed by atoms with E-state index in [9.17, 15) is 22.0 Å². The Hall–Kier alpha value is -6.09. The van der Waals surface area contributed by atoms with Crippen molar-refractivity contribution in [2.24, 2.45) is 5.92 Å². The molecule has 0 unspecified atom stereocenters. The van der Waals surface area contributed by atoms with Crippen LogP contribution in [0.25, 0.3) is 28.3 Å². The molecule has 1 fully saturated rings. The molecule has 284 valence electrons. The molecule has 7 rings (SSSR count). The third kappa shape index (κ3) is 8.21. The van der Waals surface area contributed by atoms with Gasteiger partial charge in [-0.15, -0.1) is 0 Å². The van der Waals surface area contributed by atoms with Crippen molar-refractivity contribution in [3.8, 4) is 34.1 Å². The number of methoxy groups -OCH3 is 1. The summed E-state index contributed by atoms with van der Waals surface area (Å²) in [5.74, 6) is -0.794. The summed E-state index contributed by atoms with van der Waals surface area (Å²) < 4.78 is 64.5. The summed E-state index contributed by atoms with van der Waals surface area (Å²) in [6.07, 6.45) is 6.04. The number of hydrogen-bond acceptors (Lipinski definition) is 10. The molecule has 0 spiro atoms. The zero-order chi connectivity index (χ0) is 38.5. The molecular weight excluding hydrogens is 729 g/mol. The molecule has 15 heteroatoms. The van der Waals surface area contributed by atoms with Crippen molar-refractivity contribution < 1.29 is 31.5 Å². The summed E-state index contributed by atoms with van der Waals surface area (Å²) in [5, 5.41) is 5.65. The number of hydrogen-bond donors (Lipinski definition) is 3. The minimum absolute atomic E-state index is 0.0623. The van der Waals surface area contributed by atoms with Crippen LogP contribution < -0.4 is 25.0 Å². The SMILES string of the molecule is CCOc1ccc(-c2nc3ccccn3c2-c2ccnc(Nc3ccc(N4CCC(CC[SH](=O)=O)CC4)cc3OC)n2)cc1C(=O)Nc1c(F)cccc1F. The zero-order valence-electron chi connectivity index (χ0n) is 30.2. The number of carbonyl (C=O) groups is 1. The highest BCUT2D eigenvalue weighted by Crippen LogP contribution is 2.37. The quantitative estimate of drug-likeness (QED) is 0.102. The summed E-state index contributed by atoms with van der Waals surface area (Å²) in [6, 6.07) is 21.5. The van der Waals surface area contributed by atoms with Crippen LogP contribution in [0.2, 0.25) is 0 Å². The van der Waals surface area contributed by atoms with E-state index in [1.54, 1.807) is 44.5 Å². The number of nitrogens with one attached hydrogen (secondary N) is 2. The lowest BCUT2D eigenvalue weighted by molar-refractivity contribution is 0.102. The van der Waals surface area contributed by atoms with Crippen molar-refractivity contribution >= 4 is 45.3 Å². The number of amides is 1. The monoisotopic (exact) mass is 767 g/mol. The van der Waals surface area contributed by atoms with E-state index in [1.807, 2.05) is 47.0 Å². The number of imidazole rings is 1. The molecule has 1 saturated heterocycles. The topological polar surface area (TPSA) is 140 Å². The molecule has 0 saturated carbocycles. The molecule has 3 aromatic carbocycles. The molecule has 0 bridgehead atoms. The molecule has 55 heavy (non-hydrogen) atoms.